The molecule has 0 aliphatic rings. The summed E-state index contributed by atoms with van der Waals surface area (Å²) in [6.45, 7) is 4.88. The van der Waals surface area contributed by atoms with E-state index in [1.807, 2.05) is 23.8 Å². The number of rotatable bonds is 7. The summed E-state index contributed by atoms with van der Waals surface area (Å²) < 4.78 is 26.9. The maximum atomic E-state index is 13.7. The standard InChI is InChI=1S/C18H23F2N3OS.HI/c1-3-21-17(23-12-18(2,24)14-8-10-25-11-14)22-9-7-13-5-4-6-15(19)16(13)20;/h4-6,8,10-11,24H,3,7,9,12H2,1-2H3,(H2,21,22,23);1H. The first-order chi connectivity index (χ1) is 11.9. The summed E-state index contributed by atoms with van der Waals surface area (Å²) in [5, 5.41) is 20.5. The molecule has 1 aromatic heterocycles. The molecule has 144 valence electrons. The zero-order chi connectivity index (χ0) is 18.3. The van der Waals surface area contributed by atoms with Gasteiger partial charge in [0.25, 0.3) is 0 Å². The van der Waals surface area contributed by atoms with Gasteiger partial charge in [-0.15, -0.1) is 24.0 Å². The SMILES string of the molecule is CCNC(=NCC(C)(O)c1ccsc1)NCCc1cccc(F)c1F.I. The van der Waals surface area contributed by atoms with Crippen LogP contribution in [-0.2, 0) is 12.0 Å². The van der Waals surface area contributed by atoms with Gasteiger partial charge in [0.2, 0.25) is 0 Å². The molecule has 0 saturated heterocycles. The molecule has 0 saturated carbocycles. The third kappa shape index (κ3) is 6.48. The number of nitrogens with one attached hydrogen (secondary N) is 2. The van der Waals surface area contributed by atoms with Crippen LogP contribution >= 0.6 is 35.3 Å². The highest BCUT2D eigenvalue weighted by molar-refractivity contribution is 14.0. The van der Waals surface area contributed by atoms with Gasteiger partial charge in [-0.25, -0.2) is 13.8 Å². The molecular formula is C18H24F2IN3OS. The molecule has 0 bridgehead atoms. The first-order valence-electron chi connectivity index (χ1n) is 8.14. The van der Waals surface area contributed by atoms with Crippen LogP contribution in [0.2, 0.25) is 0 Å². The van der Waals surface area contributed by atoms with E-state index in [-0.39, 0.29) is 30.5 Å². The molecule has 0 radical (unpaired) electrons. The van der Waals surface area contributed by atoms with Gasteiger partial charge in [-0.05, 0) is 54.3 Å². The summed E-state index contributed by atoms with van der Waals surface area (Å²) in [5.74, 6) is -1.13. The second kappa shape index (κ2) is 10.8. The third-order valence-corrected chi connectivity index (χ3v) is 4.43. The van der Waals surface area contributed by atoms with Crippen molar-refractivity contribution in [1.82, 2.24) is 10.6 Å². The molecule has 0 aliphatic carbocycles. The average Bonchev–Trinajstić information content (AvgIpc) is 3.12. The first kappa shape index (κ1) is 22.8. The Bertz CT molecular complexity index is 708. The highest BCUT2D eigenvalue weighted by Gasteiger charge is 2.23. The van der Waals surface area contributed by atoms with Crippen LogP contribution in [0.5, 0.6) is 0 Å². The van der Waals surface area contributed by atoms with Gasteiger partial charge in [0.1, 0.15) is 5.60 Å². The van der Waals surface area contributed by atoms with Gasteiger partial charge in [-0.2, -0.15) is 11.3 Å². The molecule has 0 fully saturated rings. The number of hydrogen-bond donors (Lipinski definition) is 3. The summed E-state index contributed by atoms with van der Waals surface area (Å²) in [6.07, 6.45) is 0.328. The van der Waals surface area contributed by atoms with Gasteiger partial charge in [-0.3, -0.25) is 0 Å². The Morgan fingerprint density at radius 3 is 2.69 bits per heavy atom. The maximum Gasteiger partial charge on any atom is 0.191 e. The van der Waals surface area contributed by atoms with Crippen molar-refractivity contribution in [3.63, 3.8) is 0 Å². The predicted molar refractivity (Wildman–Crippen MR) is 113 cm³/mol. The van der Waals surface area contributed by atoms with Gasteiger partial charge in [-0.1, -0.05) is 12.1 Å². The van der Waals surface area contributed by atoms with E-state index >= 15 is 0 Å². The van der Waals surface area contributed by atoms with E-state index in [1.54, 1.807) is 13.0 Å². The molecule has 4 nitrogen and oxygen atoms in total. The third-order valence-electron chi connectivity index (χ3n) is 3.75. The number of aliphatic imine (C=N–C) groups is 1. The van der Waals surface area contributed by atoms with Crippen LogP contribution in [0, 0.1) is 11.6 Å². The van der Waals surface area contributed by atoms with Crippen LogP contribution in [-0.4, -0.2) is 30.7 Å². The fourth-order valence-electron chi connectivity index (χ4n) is 2.29. The molecule has 26 heavy (non-hydrogen) atoms. The smallest absolute Gasteiger partial charge is 0.191 e. The quantitative estimate of drug-likeness (QED) is 0.313. The van der Waals surface area contributed by atoms with Crippen LogP contribution in [0.15, 0.2) is 40.0 Å². The van der Waals surface area contributed by atoms with Crippen molar-refractivity contribution < 1.29 is 13.9 Å². The minimum absolute atomic E-state index is 0. The van der Waals surface area contributed by atoms with Crippen LogP contribution in [0.3, 0.4) is 0 Å². The molecule has 2 aromatic rings. The highest BCUT2D eigenvalue weighted by Crippen LogP contribution is 2.23. The number of nitrogens with zero attached hydrogens (tertiary/aromatic N) is 1. The van der Waals surface area contributed by atoms with E-state index in [9.17, 15) is 13.9 Å². The lowest BCUT2D eigenvalue weighted by Gasteiger charge is -2.21. The Balaban J connectivity index is 0.00000338. The number of hydrogen-bond acceptors (Lipinski definition) is 3. The zero-order valence-electron chi connectivity index (χ0n) is 14.8. The van der Waals surface area contributed by atoms with Crippen LogP contribution in [0.4, 0.5) is 8.78 Å². The molecule has 3 N–H and O–H groups in total. The van der Waals surface area contributed by atoms with Crippen molar-refractivity contribution in [2.45, 2.75) is 25.9 Å². The zero-order valence-corrected chi connectivity index (χ0v) is 17.9. The number of aliphatic hydroxyl groups is 1. The lowest BCUT2D eigenvalue weighted by atomic mass is 10.00. The van der Waals surface area contributed by atoms with Crippen LogP contribution in [0.25, 0.3) is 0 Å². The van der Waals surface area contributed by atoms with E-state index in [1.165, 1.54) is 17.4 Å². The van der Waals surface area contributed by atoms with Crippen LogP contribution < -0.4 is 10.6 Å². The summed E-state index contributed by atoms with van der Waals surface area (Å²) in [4.78, 5) is 4.39. The van der Waals surface area contributed by atoms with E-state index in [2.05, 4.69) is 15.6 Å². The minimum atomic E-state index is -1.06. The highest BCUT2D eigenvalue weighted by atomic mass is 127. The number of halogens is 3. The molecular weight excluding hydrogens is 471 g/mol. The van der Waals surface area contributed by atoms with Crippen molar-refractivity contribution in [1.29, 1.82) is 0 Å². The van der Waals surface area contributed by atoms with Crippen molar-refractivity contribution in [3.8, 4) is 0 Å². The van der Waals surface area contributed by atoms with Gasteiger partial charge < -0.3 is 15.7 Å². The largest absolute Gasteiger partial charge is 0.383 e. The number of thiophene rings is 1. The predicted octanol–water partition coefficient (Wildman–Crippen LogP) is 3.65. The second-order valence-corrected chi connectivity index (χ2v) is 6.65. The fourth-order valence-corrected chi connectivity index (χ4v) is 3.08. The average molecular weight is 495 g/mol. The molecule has 0 spiro atoms. The van der Waals surface area contributed by atoms with E-state index < -0.39 is 17.2 Å². The maximum absolute atomic E-state index is 13.7. The summed E-state index contributed by atoms with van der Waals surface area (Å²) in [5.41, 5.74) is 0.0735. The molecule has 1 heterocycles. The number of benzene rings is 1. The van der Waals surface area contributed by atoms with Gasteiger partial charge in [0.15, 0.2) is 17.6 Å². The minimum Gasteiger partial charge on any atom is -0.383 e. The van der Waals surface area contributed by atoms with Gasteiger partial charge >= 0.3 is 0 Å². The molecule has 0 amide bonds. The van der Waals surface area contributed by atoms with Gasteiger partial charge in [0, 0.05) is 13.1 Å². The summed E-state index contributed by atoms with van der Waals surface area (Å²) in [6, 6.07) is 6.02. The monoisotopic (exact) mass is 495 g/mol. The Hall–Kier alpha value is -1.26. The van der Waals surface area contributed by atoms with E-state index in [4.69, 9.17) is 0 Å². The van der Waals surface area contributed by atoms with Crippen molar-refractivity contribution in [2.24, 2.45) is 4.99 Å². The van der Waals surface area contributed by atoms with Crippen molar-refractivity contribution >= 4 is 41.3 Å². The Labute approximate surface area is 173 Å². The molecule has 1 unspecified atom stereocenters. The second-order valence-electron chi connectivity index (χ2n) is 5.87. The molecule has 8 heteroatoms. The lowest BCUT2D eigenvalue weighted by molar-refractivity contribution is 0.0677. The van der Waals surface area contributed by atoms with E-state index in [0.29, 0.717) is 31.0 Å². The normalized spacial score (nSPS) is 13.7. The lowest BCUT2D eigenvalue weighted by Crippen LogP contribution is -2.39. The molecule has 1 aromatic carbocycles. The van der Waals surface area contributed by atoms with Crippen LogP contribution in [0.1, 0.15) is 25.0 Å². The number of guanidine groups is 1. The van der Waals surface area contributed by atoms with Crippen molar-refractivity contribution in [3.05, 3.63) is 57.8 Å². The first-order valence-corrected chi connectivity index (χ1v) is 9.08. The molecule has 0 aliphatic heterocycles. The summed E-state index contributed by atoms with van der Waals surface area (Å²) >= 11 is 1.52. The van der Waals surface area contributed by atoms with Crippen molar-refractivity contribution in [2.75, 3.05) is 19.6 Å². The Morgan fingerprint density at radius 1 is 1.27 bits per heavy atom. The molecule has 2 rings (SSSR count). The Kier molecular flexibility index (Phi) is 9.45. The topological polar surface area (TPSA) is 56.7 Å². The Morgan fingerprint density at radius 2 is 2.04 bits per heavy atom. The fraction of sp³-hybridized carbons (Fsp3) is 0.389. The summed E-state index contributed by atoms with van der Waals surface area (Å²) in [7, 11) is 0. The van der Waals surface area contributed by atoms with E-state index in [0.717, 1.165) is 11.6 Å². The molecule has 1 atom stereocenters. The van der Waals surface area contributed by atoms with Gasteiger partial charge in [0.05, 0.1) is 6.54 Å².